The van der Waals surface area contributed by atoms with Crippen LogP contribution in [0.15, 0.2) is 30.5 Å². The molecule has 2 heterocycles. The molecule has 3 saturated carbocycles. The molecular formula is C20H21N3O3S. The van der Waals surface area contributed by atoms with Gasteiger partial charge in [0.05, 0.1) is 5.56 Å². The topological polar surface area (TPSA) is 80.3 Å². The molecule has 7 heteroatoms. The van der Waals surface area contributed by atoms with Gasteiger partial charge in [0.25, 0.3) is 5.91 Å². The number of benzene rings is 1. The van der Waals surface area contributed by atoms with Crippen LogP contribution >= 0.6 is 11.3 Å². The summed E-state index contributed by atoms with van der Waals surface area (Å²) in [5, 5.41) is 6.76. The average molecular weight is 383 g/mol. The van der Waals surface area contributed by atoms with Crippen LogP contribution < -0.4 is 15.4 Å². The highest BCUT2D eigenvalue weighted by atomic mass is 32.1. The summed E-state index contributed by atoms with van der Waals surface area (Å²) in [5.74, 6) is 0.875. The van der Waals surface area contributed by atoms with Gasteiger partial charge in [-0.15, -0.1) is 11.3 Å². The molecule has 1 aliphatic heterocycles. The first-order valence-electron chi connectivity index (χ1n) is 9.38. The van der Waals surface area contributed by atoms with Gasteiger partial charge in [0.1, 0.15) is 5.75 Å². The molecule has 140 valence electrons. The predicted octanol–water partition coefficient (Wildman–Crippen LogP) is 3.34. The number of carbonyl (C=O) groups excluding carboxylic acids is 2. The second-order valence-electron chi connectivity index (χ2n) is 7.79. The van der Waals surface area contributed by atoms with Gasteiger partial charge in [0.15, 0.2) is 10.9 Å². The van der Waals surface area contributed by atoms with E-state index in [4.69, 9.17) is 4.74 Å². The standard InChI is InChI=1S/C20H21N3O3S/c1-11-10-21-19(27-11)22-17(24)15-8-13-7-6-12(15)9-20(13)23-18(25)14-4-2-3-5-16(14)26-20/h2-5,10,12-13,15H,6-9H2,1H3,(H,23,25)(H,21,22,24)/t12-,13+,15-,20-/m0/s1. The van der Waals surface area contributed by atoms with Crippen molar-refractivity contribution in [1.82, 2.24) is 10.3 Å². The molecule has 3 fully saturated rings. The first-order chi connectivity index (χ1) is 13.0. The van der Waals surface area contributed by atoms with E-state index in [2.05, 4.69) is 15.6 Å². The minimum Gasteiger partial charge on any atom is -0.467 e. The Balaban J connectivity index is 1.36. The van der Waals surface area contributed by atoms with Gasteiger partial charge in [-0.25, -0.2) is 4.98 Å². The van der Waals surface area contributed by atoms with Gasteiger partial charge in [-0.2, -0.15) is 0 Å². The van der Waals surface area contributed by atoms with Crippen molar-refractivity contribution in [3.05, 3.63) is 40.9 Å². The smallest absolute Gasteiger partial charge is 0.258 e. The van der Waals surface area contributed by atoms with Crippen molar-refractivity contribution in [3.63, 3.8) is 0 Å². The van der Waals surface area contributed by atoms with E-state index in [9.17, 15) is 9.59 Å². The van der Waals surface area contributed by atoms with Crippen molar-refractivity contribution in [2.24, 2.45) is 17.8 Å². The Labute approximate surface area is 161 Å². The highest BCUT2D eigenvalue weighted by Crippen LogP contribution is 2.52. The number of fused-ring (bicyclic) bond motifs is 3. The van der Waals surface area contributed by atoms with Crippen molar-refractivity contribution in [1.29, 1.82) is 0 Å². The lowest BCUT2D eigenvalue weighted by Gasteiger charge is -2.55. The predicted molar refractivity (Wildman–Crippen MR) is 102 cm³/mol. The van der Waals surface area contributed by atoms with Crippen LogP contribution in [0.5, 0.6) is 5.75 Å². The molecule has 6 nitrogen and oxygen atoms in total. The van der Waals surface area contributed by atoms with Crippen LogP contribution in [0.25, 0.3) is 0 Å². The number of thiazole rings is 1. The zero-order valence-corrected chi connectivity index (χ0v) is 15.8. The Kier molecular flexibility index (Phi) is 3.75. The monoisotopic (exact) mass is 383 g/mol. The van der Waals surface area contributed by atoms with Crippen molar-refractivity contribution < 1.29 is 14.3 Å². The molecule has 0 unspecified atom stereocenters. The first kappa shape index (κ1) is 16.7. The van der Waals surface area contributed by atoms with E-state index >= 15 is 0 Å². The zero-order valence-electron chi connectivity index (χ0n) is 15.0. The Morgan fingerprint density at radius 1 is 1.37 bits per heavy atom. The van der Waals surface area contributed by atoms with E-state index in [-0.39, 0.29) is 29.6 Å². The molecule has 4 aliphatic rings. The van der Waals surface area contributed by atoms with E-state index in [0.29, 0.717) is 22.9 Å². The first-order valence-corrected chi connectivity index (χ1v) is 10.2. The van der Waals surface area contributed by atoms with Crippen LogP contribution in [0.4, 0.5) is 5.13 Å². The quantitative estimate of drug-likeness (QED) is 0.833. The molecule has 2 aromatic rings. The third kappa shape index (κ3) is 2.72. The molecule has 1 aromatic heterocycles. The lowest BCUT2D eigenvalue weighted by molar-refractivity contribution is -0.142. The Hall–Kier alpha value is -2.41. The van der Waals surface area contributed by atoms with Crippen LogP contribution in [0.2, 0.25) is 0 Å². The fourth-order valence-electron chi connectivity index (χ4n) is 4.89. The molecule has 3 aliphatic carbocycles. The van der Waals surface area contributed by atoms with E-state index in [0.717, 1.165) is 24.1 Å². The van der Waals surface area contributed by atoms with Crippen molar-refractivity contribution in [2.75, 3.05) is 5.32 Å². The minimum atomic E-state index is -0.678. The second kappa shape index (κ2) is 6.05. The van der Waals surface area contributed by atoms with Gasteiger partial charge in [-0.05, 0) is 44.2 Å². The number of anilines is 1. The molecule has 0 radical (unpaired) electrons. The van der Waals surface area contributed by atoms with Crippen LogP contribution in [-0.2, 0) is 4.79 Å². The van der Waals surface area contributed by atoms with Gasteiger partial charge >= 0.3 is 0 Å². The van der Waals surface area contributed by atoms with Gasteiger partial charge in [-0.3, -0.25) is 9.59 Å². The fraction of sp³-hybridized carbons (Fsp3) is 0.450. The molecule has 1 aromatic carbocycles. The van der Waals surface area contributed by atoms with Crippen LogP contribution in [0.1, 0.15) is 40.9 Å². The highest BCUT2D eigenvalue weighted by molar-refractivity contribution is 7.15. The van der Waals surface area contributed by atoms with Crippen LogP contribution in [0, 0.1) is 24.7 Å². The van der Waals surface area contributed by atoms with E-state index in [1.807, 2.05) is 25.1 Å². The molecule has 6 rings (SSSR count). The molecule has 2 amide bonds. The number of para-hydroxylation sites is 1. The summed E-state index contributed by atoms with van der Waals surface area (Å²) >= 11 is 1.49. The van der Waals surface area contributed by atoms with E-state index in [1.165, 1.54) is 11.3 Å². The number of carbonyl (C=O) groups is 2. The molecule has 4 atom stereocenters. The molecule has 1 spiro atoms. The summed E-state index contributed by atoms with van der Waals surface area (Å²) in [5.41, 5.74) is -0.0962. The molecule has 2 N–H and O–H groups in total. The number of hydrogen-bond donors (Lipinski definition) is 2. The molecule has 27 heavy (non-hydrogen) atoms. The maximum atomic E-state index is 12.8. The number of aromatic nitrogens is 1. The minimum absolute atomic E-state index is 0.0384. The largest absolute Gasteiger partial charge is 0.467 e. The van der Waals surface area contributed by atoms with E-state index < -0.39 is 5.72 Å². The van der Waals surface area contributed by atoms with Gasteiger partial charge < -0.3 is 15.4 Å². The second-order valence-corrected chi connectivity index (χ2v) is 9.02. The summed E-state index contributed by atoms with van der Waals surface area (Å²) in [6, 6.07) is 7.37. The maximum absolute atomic E-state index is 12.8. The number of amides is 2. The van der Waals surface area contributed by atoms with Crippen LogP contribution in [0.3, 0.4) is 0 Å². The number of aryl methyl sites for hydroxylation is 1. The number of nitrogens with one attached hydrogen (secondary N) is 2. The summed E-state index contributed by atoms with van der Waals surface area (Å²) in [6.07, 6.45) is 5.12. The zero-order chi connectivity index (χ0) is 18.6. The van der Waals surface area contributed by atoms with Crippen LogP contribution in [-0.4, -0.2) is 22.5 Å². The summed E-state index contributed by atoms with van der Waals surface area (Å²) in [6.45, 7) is 1.97. The average Bonchev–Trinajstić information content (AvgIpc) is 3.06. The number of rotatable bonds is 2. The summed E-state index contributed by atoms with van der Waals surface area (Å²) in [7, 11) is 0. The van der Waals surface area contributed by atoms with Gasteiger partial charge in [0.2, 0.25) is 5.91 Å². The van der Waals surface area contributed by atoms with Gasteiger partial charge in [-0.1, -0.05) is 12.1 Å². The lowest BCUT2D eigenvalue weighted by atomic mass is 9.60. The van der Waals surface area contributed by atoms with E-state index in [1.54, 1.807) is 12.3 Å². The molecule has 0 saturated heterocycles. The van der Waals surface area contributed by atoms with Gasteiger partial charge in [0, 0.05) is 29.3 Å². The van der Waals surface area contributed by atoms with Crippen molar-refractivity contribution >= 4 is 28.3 Å². The number of nitrogens with zero attached hydrogens (tertiary/aromatic N) is 1. The number of hydrogen-bond acceptors (Lipinski definition) is 5. The van der Waals surface area contributed by atoms with Crippen molar-refractivity contribution in [3.8, 4) is 5.75 Å². The summed E-state index contributed by atoms with van der Waals surface area (Å²) in [4.78, 5) is 30.8. The normalized spacial score (nSPS) is 31.1. The third-order valence-corrected chi connectivity index (χ3v) is 6.98. The Morgan fingerprint density at radius 2 is 2.22 bits per heavy atom. The lowest BCUT2D eigenvalue weighted by Crippen LogP contribution is -2.66. The molecule has 2 bridgehead atoms. The Bertz CT molecular complexity index is 927. The maximum Gasteiger partial charge on any atom is 0.258 e. The fourth-order valence-corrected chi connectivity index (χ4v) is 5.56. The summed E-state index contributed by atoms with van der Waals surface area (Å²) < 4.78 is 6.34. The SMILES string of the molecule is Cc1cnc(NC(=O)[C@H]2C[C@H]3CC[C@H]2C[C@@]32NC(=O)c3ccccc3O2)s1. The number of ether oxygens (including phenoxy) is 1. The molecular weight excluding hydrogens is 362 g/mol. The van der Waals surface area contributed by atoms with Crippen molar-refractivity contribution in [2.45, 2.75) is 38.3 Å². The third-order valence-electron chi connectivity index (χ3n) is 6.16. The Morgan fingerprint density at radius 3 is 2.96 bits per heavy atom. The highest BCUT2D eigenvalue weighted by Gasteiger charge is 2.57.